The topological polar surface area (TPSA) is 52.4 Å². The maximum atomic E-state index is 13.8. The van der Waals surface area contributed by atoms with Crippen LogP contribution in [0.1, 0.15) is 18.1 Å². The summed E-state index contributed by atoms with van der Waals surface area (Å²) in [5.41, 5.74) is 1.04. The molecule has 0 amide bonds. The lowest BCUT2D eigenvalue weighted by atomic mass is 10.1. The minimum atomic E-state index is -0.580. The van der Waals surface area contributed by atoms with E-state index in [1.165, 1.54) is 6.07 Å². The summed E-state index contributed by atoms with van der Waals surface area (Å²) in [5.74, 6) is -0.617. The highest BCUT2D eigenvalue weighted by molar-refractivity contribution is 5.50. The van der Waals surface area contributed by atoms with Gasteiger partial charge in [-0.05, 0) is 18.1 Å². The van der Waals surface area contributed by atoms with Crippen molar-refractivity contribution in [3.8, 4) is 5.75 Å². The molecule has 0 aliphatic rings. The second-order valence-electron chi connectivity index (χ2n) is 4.26. The molecular formula is C15H14FNO3. The van der Waals surface area contributed by atoms with E-state index in [0.29, 0.717) is 6.42 Å². The van der Waals surface area contributed by atoms with Crippen LogP contribution < -0.4 is 4.74 Å². The molecule has 0 fully saturated rings. The number of rotatable bonds is 5. The smallest absolute Gasteiger partial charge is 0.276 e. The molecule has 0 aliphatic heterocycles. The van der Waals surface area contributed by atoms with E-state index < -0.39 is 10.7 Å². The Morgan fingerprint density at radius 2 is 1.90 bits per heavy atom. The summed E-state index contributed by atoms with van der Waals surface area (Å²) in [5, 5.41) is 10.9. The summed E-state index contributed by atoms with van der Waals surface area (Å²) < 4.78 is 19.3. The van der Waals surface area contributed by atoms with Crippen molar-refractivity contribution in [2.45, 2.75) is 20.0 Å². The minimum absolute atomic E-state index is 0.0365. The second-order valence-corrected chi connectivity index (χ2v) is 4.26. The van der Waals surface area contributed by atoms with Crippen molar-refractivity contribution >= 4 is 5.69 Å². The van der Waals surface area contributed by atoms with Gasteiger partial charge in [0.05, 0.1) is 10.5 Å². The van der Waals surface area contributed by atoms with E-state index in [4.69, 9.17) is 4.74 Å². The zero-order valence-electron chi connectivity index (χ0n) is 11.0. The fourth-order valence-corrected chi connectivity index (χ4v) is 1.99. The Morgan fingerprint density at radius 3 is 2.50 bits per heavy atom. The Labute approximate surface area is 116 Å². The van der Waals surface area contributed by atoms with Crippen LogP contribution in [0, 0.1) is 15.9 Å². The van der Waals surface area contributed by atoms with Crippen molar-refractivity contribution < 1.29 is 14.1 Å². The predicted octanol–water partition coefficient (Wildman–Crippen LogP) is 3.88. The standard InChI is InChI=1S/C15H14FNO3/c1-2-12-14(17(18)19)9-8-13(16)15(12)20-10-11-6-4-3-5-7-11/h3-9H,2,10H2,1H3. The molecule has 0 unspecified atom stereocenters. The van der Waals surface area contributed by atoms with Gasteiger partial charge in [0.1, 0.15) is 6.61 Å². The Balaban J connectivity index is 2.30. The average molecular weight is 275 g/mol. The van der Waals surface area contributed by atoms with Crippen LogP contribution in [-0.4, -0.2) is 4.92 Å². The molecule has 4 nitrogen and oxygen atoms in total. The first-order valence-electron chi connectivity index (χ1n) is 6.26. The van der Waals surface area contributed by atoms with Gasteiger partial charge in [-0.25, -0.2) is 4.39 Å². The fraction of sp³-hybridized carbons (Fsp3) is 0.200. The van der Waals surface area contributed by atoms with Gasteiger partial charge in [-0.3, -0.25) is 10.1 Å². The summed E-state index contributed by atoms with van der Waals surface area (Å²) >= 11 is 0. The van der Waals surface area contributed by atoms with Crippen LogP contribution in [0.25, 0.3) is 0 Å². The molecule has 2 rings (SSSR count). The zero-order chi connectivity index (χ0) is 14.5. The first-order chi connectivity index (χ1) is 9.63. The second kappa shape index (κ2) is 6.14. The molecule has 0 N–H and O–H groups in total. The summed E-state index contributed by atoms with van der Waals surface area (Å²) in [6.07, 6.45) is 0.332. The quantitative estimate of drug-likeness (QED) is 0.614. The van der Waals surface area contributed by atoms with Crippen LogP contribution in [0.5, 0.6) is 5.75 Å². The number of nitro benzene ring substituents is 1. The number of benzene rings is 2. The van der Waals surface area contributed by atoms with Crippen molar-refractivity contribution in [1.82, 2.24) is 0 Å². The number of hydrogen-bond acceptors (Lipinski definition) is 3. The zero-order valence-corrected chi connectivity index (χ0v) is 11.0. The van der Waals surface area contributed by atoms with Crippen molar-refractivity contribution in [3.63, 3.8) is 0 Å². The summed E-state index contributed by atoms with van der Waals surface area (Å²) in [7, 11) is 0. The van der Waals surface area contributed by atoms with Crippen LogP contribution in [-0.2, 0) is 13.0 Å². The van der Waals surface area contributed by atoms with Gasteiger partial charge in [0.2, 0.25) is 0 Å². The molecule has 104 valence electrons. The number of nitro groups is 1. The van der Waals surface area contributed by atoms with E-state index in [0.717, 1.165) is 11.6 Å². The van der Waals surface area contributed by atoms with Crippen molar-refractivity contribution in [1.29, 1.82) is 0 Å². The largest absolute Gasteiger partial charge is 0.485 e. The molecule has 0 saturated carbocycles. The van der Waals surface area contributed by atoms with Crippen LogP contribution >= 0.6 is 0 Å². The third-order valence-electron chi connectivity index (χ3n) is 2.96. The summed E-state index contributed by atoms with van der Waals surface area (Å²) in [6, 6.07) is 11.5. The Morgan fingerprint density at radius 1 is 1.20 bits per heavy atom. The van der Waals surface area contributed by atoms with E-state index in [2.05, 4.69) is 0 Å². The summed E-state index contributed by atoms with van der Waals surface area (Å²) in [6.45, 7) is 1.91. The van der Waals surface area contributed by atoms with E-state index in [-0.39, 0.29) is 23.6 Å². The molecule has 0 bridgehead atoms. The molecule has 20 heavy (non-hydrogen) atoms. The predicted molar refractivity (Wildman–Crippen MR) is 73.2 cm³/mol. The highest BCUT2D eigenvalue weighted by Crippen LogP contribution is 2.32. The highest BCUT2D eigenvalue weighted by atomic mass is 19.1. The van der Waals surface area contributed by atoms with Crippen LogP contribution in [0.15, 0.2) is 42.5 Å². The highest BCUT2D eigenvalue weighted by Gasteiger charge is 2.20. The van der Waals surface area contributed by atoms with Gasteiger partial charge in [0.25, 0.3) is 5.69 Å². The first kappa shape index (κ1) is 14.0. The monoisotopic (exact) mass is 275 g/mol. The molecule has 5 heteroatoms. The Bertz CT molecular complexity index is 614. The normalized spacial score (nSPS) is 10.3. The number of ether oxygens (including phenoxy) is 1. The third-order valence-corrected chi connectivity index (χ3v) is 2.96. The molecule has 0 heterocycles. The Hall–Kier alpha value is -2.43. The SMILES string of the molecule is CCc1c([N+](=O)[O-])ccc(F)c1OCc1ccccc1. The molecule has 2 aromatic carbocycles. The molecule has 0 aromatic heterocycles. The lowest BCUT2D eigenvalue weighted by Gasteiger charge is -2.11. The maximum Gasteiger partial charge on any atom is 0.276 e. The van der Waals surface area contributed by atoms with Gasteiger partial charge in [0.15, 0.2) is 11.6 Å². The molecule has 0 radical (unpaired) electrons. The van der Waals surface area contributed by atoms with Crippen LogP contribution in [0.4, 0.5) is 10.1 Å². The minimum Gasteiger partial charge on any atom is -0.485 e. The van der Waals surface area contributed by atoms with Gasteiger partial charge in [0, 0.05) is 6.07 Å². The number of hydrogen-bond donors (Lipinski definition) is 0. The lowest BCUT2D eigenvalue weighted by molar-refractivity contribution is -0.385. The van der Waals surface area contributed by atoms with E-state index in [1.54, 1.807) is 6.92 Å². The van der Waals surface area contributed by atoms with Crippen molar-refractivity contribution in [2.75, 3.05) is 0 Å². The number of halogens is 1. The molecule has 2 aromatic rings. The third kappa shape index (κ3) is 2.93. The summed E-state index contributed by atoms with van der Waals surface area (Å²) in [4.78, 5) is 10.4. The van der Waals surface area contributed by atoms with Gasteiger partial charge < -0.3 is 4.74 Å². The van der Waals surface area contributed by atoms with Gasteiger partial charge in [-0.15, -0.1) is 0 Å². The van der Waals surface area contributed by atoms with Crippen LogP contribution in [0.2, 0.25) is 0 Å². The molecule has 0 saturated heterocycles. The van der Waals surface area contributed by atoms with Crippen LogP contribution in [0.3, 0.4) is 0 Å². The average Bonchev–Trinajstić information content (AvgIpc) is 2.46. The van der Waals surface area contributed by atoms with Gasteiger partial charge in [-0.1, -0.05) is 37.3 Å². The van der Waals surface area contributed by atoms with E-state index >= 15 is 0 Å². The maximum absolute atomic E-state index is 13.8. The van der Waals surface area contributed by atoms with Gasteiger partial charge >= 0.3 is 0 Å². The van der Waals surface area contributed by atoms with Gasteiger partial charge in [-0.2, -0.15) is 0 Å². The van der Waals surface area contributed by atoms with Crippen molar-refractivity contribution in [2.24, 2.45) is 0 Å². The van der Waals surface area contributed by atoms with Crippen molar-refractivity contribution in [3.05, 3.63) is 69.5 Å². The fourth-order valence-electron chi connectivity index (χ4n) is 1.99. The lowest BCUT2D eigenvalue weighted by Crippen LogP contribution is -2.03. The molecular weight excluding hydrogens is 261 g/mol. The van der Waals surface area contributed by atoms with E-state index in [1.807, 2.05) is 30.3 Å². The Kier molecular flexibility index (Phi) is 4.30. The first-order valence-corrected chi connectivity index (χ1v) is 6.26. The number of nitrogens with zero attached hydrogens (tertiary/aromatic N) is 1. The molecule has 0 aliphatic carbocycles. The molecule has 0 atom stereocenters. The molecule has 0 spiro atoms. The van der Waals surface area contributed by atoms with E-state index in [9.17, 15) is 14.5 Å².